The average Bonchev–Trinajstić information content (AvgIpc) is 1.84. The molecule has 0 aromatic rings. The third-order valence-electron chi connectivity index (χ3n) is 0.504. The zero-order valence-corrected chi connectivity index (χ0v) is 4.27. The van der Waals surface area contributed by atoms with Gasteiger partial charge in [0.1, 0.15) is 0 Å². The quantitative estimate of drug-likeness (QED) is 0.219. The fourth-order valence-corrected chi connectivity index (χ4v) is 0.135. The predicted molar refractivity (Wildman–Crippen MR) is 24.7 cm³/mol. The van der Waals surface area contributed by atoms with Crippen molar-refractivity contribution in [2.75, 3.05) is 0 Å². The number of hydrazine groups is 1. The van der Waals surface area contributed by atoms with E-state index in [4.69, 9.17) is 5.11 Å². The molecule has 0 heterocycles. The van der Waals surface area contributed by atoms with E-state index in [-0.39, 0.29) is 5.01 Å². The highest BCUT2D eigenvalue weighted by molar-refractivity contribution is 5.85. The molecular formula is C2H5N3O4. The summed E-state index contributed by atoms with van der Waals surface area (Å²) < 4.78 is 0. The van der Waals surface area contributed by atoms with E-state index >= 15 is 0 Å². The number of amides is 2. The summed E-state index contributed by atoms with van der Waals surface area (Å²) in [6.07, 6.45) is -2.96. The number of hydrogen-bond acceptors (Lipinski definition) is 5. The van der Waals surface area contributed by atoms with Crippen LogP contribution in [-0.4, -0.2) is 22.3 Å². The lowest BCUT2D eigenvalue weighted by atomic mass is 11.0. The molecule has 0 fully saturated rings. The molecule has 0 aliphatic rings. The minimum atomic E-state index is -1.63. The van der Waals surface area contributed by atoms with Gasteiger partial charge in [-0.25, -0.2) is 15.4 Å². The van der Waals surface area contributed by atoms with E-state index in [1.54, 1.807) is 0 Å². The molecule has 0 radical (unpaired) electrons. The molecular weight excluding hydrogens is 130 g/mol. The van der Waals surface area contributed by atoms with Gasteiger partial charge in [-0.3, -0.25) is 0 Å². The molecule has 7 nitrogen and oxygen atoms in total. The first-order chi connectivity index (χ1) is 4.09. The van der Waals surface area contributed by atoms with Gasteiger partial charge >= 0.3 is 12.2 Å². The van der Waals surface area contributed by atoms with Crippen molar-refractivity contribution >= 4 is 12.2 Å². The maximum atomic E-state index is 10.0. The summed E-state index contributed by atoms with van der Waals surface area (Å²) in [4.78, 5) is 23.2. The Bertz CT molecular complexity index is 134. The number of imide groups is 1. The molecule has 0 rings (SSSR count). The van der Waals surface area contributed by atoms with E-state index in [2.05, 4.69) is 16.6 Å². The van der Waals surface area contributed by atoms with Gasteiger partial charge in [0, 0.05) is 0 Å². The van der Waals surface area contributed by atoms with Crippen LogP contribution >= 0.6 is 0 Å². The third kappa shape index (κ3) is 1.93. The molecule has 0 aromatic heterocycles. The van der Waals surface area contributed by atoms with Crippen LogP contribution in [0.3, 0.4) is 0 Å². The Morgan fingerprint density at radius 1 is 1.56 bits per heavy atom. The van der Waals surface area contributed by atoms with Gasteiger partial charge in [-0.2, -0.15) is 5.90 Å². The Morgan fingerprint density at radius 2 is 2.00 bits per heavy atom. The van der Waals surface area contributed by atoms with Gasteiger partial charge in [-0.15, -0.1) is 5.01 Å². The molecule has 0 bridgehead atoms. The highest BCUT2D eigenvalue weighted by atomic mass is 16.7. The fourth-order valence-electron chi connectivity index (χ4n) is 0.135. The van der Waals surface area contributed by atoms with E-state index < -0.39 is 12.2 Å². The lowest BCUT2D eigenvalue weighted by molar-refractivity contribution is 0.0948. The van der Waals surface area contributed by atoms with Crippen molar-refractivity contribution in [3.63, 3.8) is 0 Å². The van der Waals surface area contributed by atoms with Crippen molar-refractivity contribution < 1.29 is 19.5 Å². The molecule has 9 heavy (non-hydrogen) atoms. The molecule has 0 aliphatic heterocycles. The summed E-state index contributed by atoms with van der Waals surface area (Å²) in [5.41, 5.74) is 0. The second-order valence-corrected chi connectivity index (χ2v) is 1.04. The van der Waals surface area contributed by atoms with Gasteiger partial charge in [0.05, 0.1) is 0 Å². The van der Waals surface area contributed by atoms with Crippen LogP contribution in [0, 0.1) is 0 Å². The van der Waals surface area contributed by atoms with E-state index in [9.17, 15) is 9.59 Å². The second-order valence-electron chi connectivity index (χ2n) is 1.04. The van der Waals surface area contributed by atoms with Crippen LogP contribution in [0.1, 0.15) is 0 Å². The number of rotatable bonds is 0. The first-order valence-corrected chi connectivity index (χ1v) is 1.78. The van der Waals surface area contributed by atoms with Crippen LogP contribution in [0.15, 0.2) is 0 Å². The van der Waals surface area contributed by atoms with Crippen molar-refractivity contribution in [3.05, 3.63) is 0 Å². The monoisotopic (exact) mass is 135 g/mol. The lowest BCUT2D eigenvalue weighted by Crippen LogP contribution is -2.42. The Hall–Kier alpha value is -1.34. The number of carbonyl (C=O) groups is 2. The summed E-state index contributed by atoms with van der Waals surface area (Å²) in [6.45, 7) is 0. The normalized spacial score (nSPS) is 8.22. The summed E-state index contributed by atoms with van der Waals surface area (Å²) in [7, 11) is 0. The smallest absolute Gasteiger partial charge is 0.452 e. The van der Waals surface area contributed by atoms with Gasteiger partial charge in [0.2, 0.25) is 0 Å². The van der Waals surface area contributed by atoms with Crippen LogP contribution in [-0.2, 0) is 4.84 Å². The summed E-state index contributed by atoms with van der Waals surface area (Å²) in [5, 5.41) is 7.75. The van der Waals surface area contributed by atoms with Gasteiger partial charge in [0.25, 0.3) is 0 Å². The molecule has 0 aliphatic carbocycles. The highest BCUT2D eigenvalue weighted by Gasteiger charge is 2.16. The van der Waals surface area contributed by atoms with Crippen molar-refractivity contribution in [1.29, 1.82) is 0 Å². The zero-order valence-electron chi connectivity index (χ0n) is 4.27. The molecule has 0 saturated heterocycles. The molecule has 0 atom stereocenters. The zero-order chi connectivity index (χ0) is 7.44. The maximum absolute atomic E-state index is 10.0. The number of nitrogens with two attached hydrogens (primary N) is 2. The minimum Gasteiger partial charge on any atom is -0.464 e. The van der Waals surface area contributed by atoms with Gasteiger partial charge in [-0.1, -0.05) is 0 Å². The molecule has 0 saturated carbocycles. The van der Waals surface area contributed by atoms with E-state index in [1.807, 2.05) is 0 Å². The van der Waals surface area contributed by atoms with Crippen molar-refractivity contribution in [3.8, 4) is 0 Å². The van der Waals surface area contributed by atoms with Gasteiger partial charge in [0.15, 0.2) is 0 Å². The minimum absolute atomic E-state index is 0.181. The fraction of sp³-hybridized carbons (Fsp3) is 0. The Balaban J connectivity index is 3.88. The summed E-state index contributed by atoms with van der Waals surface area (Å²) in [6, 6.07) is 0. The molecule has 2 amide bonds. The van der Waals surface area contributed by atoms with Crippen LogP contribution < -0.4 is 11.7 Å². The van der Waals surface area contributed by atoms with Crippen LogP contribution in [0.2, 0.25) is 0 Å². The Labute approximate surface area is 49.7 Å². The molecule has 0 aromatic carbocycles. The van der Waals surface area contributed by atoms with Gasteiger partial charge < -0.3 is 9.94 Å². The number of hydrogen-bond donors (Lipinski definition) is 3. The van der Waals surface area contributed by atoms with Crippen LogP contribution in [0.5, 0.6) is 0 Å². The topological polar surface area (TPSA) is 119 Å². The highest BCUT2D eigenvalue weighted by Crippen LogP contribution is 1.81. The molecule has 0 unspecified atom stereocenters. The van der Waals surface area contributed by atoms with Crippen LogP contribution in [0.4, 0.5) is 9.59 Å². The van der Waals surface area contributed by atoms with Crippen molar-refractivity contribution in [2.24, 2.45) is 11.7 Å². The molecule has 5 N–H and O–H groups in total. The SMILES string of the molecule is NOC(=O)N(N)C(=O)O. The summed E-state index contributed by atoms with van der Waals surface area (Å²) in [5.74, 6) is 8.83. The molecule has 7 heteroatoms. The van der Waals surface area contributed by atoms with E-state index in [0.717, 1.165) is 0 Å². The maximum Gasteiger partial charge on any atom is 0.452 e. The number of carbonyl (C=O) groups excluding carboxylic acids is 1. The lowest BCUT2D eigenvalue weighted by Gasteiger charge is -2.05. The molecule has 52 valence electrons. The predicted octanol–water partition coefficient (Wildman–Crippen LogP) is -1.15. The van der Waals surface area contributed by atoms with Crippen LogP contribution in [0.25, 0.3) is 0 Å². The van der Waals surface area contributed by atoms with Crippen molar-refractivity contribution in [2.45, 2.75) is 0 Å². The Morgan fingerprint density at radius 3 is 2.11 bits per heavy atom. The largest absolute Gasteiger partial charge is 0.464 e. The average molecular weight is 135 g/mol. The van der Waals surface area contributed by atoms with Crippen molar-refractivity contribution in [1.82, 2.24) is 5.01 Å². The molecule has 0 spiro atoms. The van der Waals surface area contributed by atoms with E-state index in [0.29, 0.717) is 0 Å². The number of carboxylic acid groups (broad SMARTS) is 1. The standard InChI is InChI=1S/C2H5N3O4/c3-5(1(6)7)2(8)9-4/h3-4H2,(H,6,7). The summed E-state index contributed by atoms with van der Waals surface area (Å²) >= 11 is 0. The first-order valence-electron chi connectivity index (χ1n) is 1.78. The second kappa shape index (κ2) is 2.84. The van der Waals surface area contributed by atoms with Gasteiger partial charge in [-0.05, 0) is 0 Å². The first kappa shape index (κ1) is 7.66. The third-order valence-corrected chi connectivity index (χ3v) is 0.504. The number of nitrogens with zero attached hydrogens (tertiary/aromatic N) is 1. The van der Waals surface area contributed by atoms with E-state index in [1.165, 1.54) is 0 Å². The Kier molecular flexibility index (Phi) is 2.42.